The van der Waals surface area contributed by atoms with Crippen molar-refractivity contribution >= 4 is 5.91 Å². The van der Waals surface area contributed by atoms with Gasteiger partial charge < -0.3 is 14.6 Å². The van der Waals surface area contributed by atoms with Crippen LogP contribution in [0.5, 0.6) is 5.75 Å². The Morgan fingerprint density at radius 1 is 0.882 bits per heavy atom. The van der Waals surface area contributed by atoms with Crippen molar-refractivity contribution in [2.75, 3.05) is 7.11 Å². The molecule has 0 bridgehead atoms. The number of aromatic nitrogens is 1. The molecular formula is C30H30N2O2. The molecule has 3 aromatic carbocycles. The van der Waals surface area contributed by atoms with E-state index < -0.39 is 0 Å². The van der Waals surface area contributed by atoms with Crippen molar-refractivity contribution in [3.63, 3.8) is 0 Å². The van der Waals surface area contributed by atoms with Crippen LogP contribution in [0, 0.1) is 0 Å². The number of methoxy groups -OCH3 is 1. The lowest BCUT2D eigenvalue weighted by molar-refractivity contribution is 0.0951. The average molecular weight is 451 g/mol. The van der Waals surface area contributed by atoms with Gasteiger partial charge in [-0.15, -0.1) is 0 Å². The Labute approximate surface area is 201 Å². The highest BCUT2D eigenvalue weighted by Gasteiger charge is 2.19. The number of hydrogen-bond acceptors (Lipinski definition) is 2. The summed E-state index contributed by atoms with van der Waals surface area (Å²) in [6.07, 6.45) is 5.97. The van der Waals surface area contributed by atoms with E-state index in [1.165, 1.54) is 41.8 Å². The van der Waals surface area contributed by atoms with Gasteiger partial charge in [0.1, 0.15) is 5.75 Å². The zero-order valence-corrected chi connectivity index (χ0v) is 19.6. The lowest BCUT2D eigenvalue weighted by atomic mass is 10.1. The first-order valence-corrected chi connectivity index (χ1v) is 12.0. The fraction of sp³-hybridized carbons (Fsp3) is 0.233. The van der Waals surface area contributed by atoms with E-state index in [9.17, 15) is 4.79 Å². The van der Waals surface area contributed by atoms with Gasteiger partial charge in [0.25, 0.3) is 5.91 Å². The van der Waals surface area contributed by atoms with Crippen molar-refractivity contribution in [3.05, 3.63) is 107 Å². The van der Waals surface area contributed by atoms with Crippen molar-refractivity contribution in [2.45, 2.75) is 38.6 Å². The first-order valence-electron chi connectivity index (χ1n) is 12.0. The molecule has 0 atom stereocenters. The second-order valence-electron chi connectivity index (χ2n) is 8.84. The number of nitrogens with one attached hydrogen (secondary N) is 1. The normalized spacial score (nSPS) is 13.1. The van der Waals surface area contributed by atoms with Gasteiger partial charge in [0.15, 0.2) is 0 Å². The summed E-state index contributed by atoms with van der Waals surface area (Å²) in [4.78, 5) is 12.8. The van der Waals surface area contributed by atoms with E-state index in [1.54, 1.807) is 7.11 Å². The third kappa shape index (κ3) is 4.62. The standard InChI is InChI=1S/C30H30N2O2/c1-34-27-13-8-9-22(19-27)21-31-30(33)24-15-17-26(18-16-24)32-28-14-7-3-6-12-25(28)20-29(32)23-10-4-2-5-11-23/h2,4-5,8-11,13,15-20H,3,6-7,12,14,21H2,1H3,(H,31,33). The van der Waals surface area contributed by atoms with Gasteiger partial charge in [0.05, 0.1) is 12.8 Å². The number of ether oxygens (including phenoxy) is 1. The predicted octanol–water partition coefficient (Wildman–Crippen LogP) is 6.35. The molecule has 0 saturated heterocycles. The summed E-state index contributed by atoms with van der Waals surface area (Å²) in [5.41, 5.74) is 8.07. The Morgan fingerprint density at radius 3 is 2.47 bits per heavy atom. The van der Waals surface area contributed by atoms with Crippen molar-refractivity contribution < 1.29 is 9.53 Å². The zero-order valence-electron chi connectivity index (χ0n) is 19.6. The Morgan fingerprint density at radius 2 is 1.68 bits per heavy atom. The van der Waals surface area contributed by atoms with Crippen LogP contribution in [-0.4, -0.2) is 17.6 Å². The summed E-state index contributed by atoms with van der Waals surface area (Å²) >= 11 is 0. The fourth-order valence-corrected chi connectivity index (χ4v) is 4.82. The topological polar surface area (TPSA) is 43.3 Å². The lowest BCUT2D eigenvalue weighted by Crippen LogP contribution is -2.22. The van der Waals surface area contributed by atoms with E-state index >= 15 is 0 Å². The molecule has 0 saturated carbocycles. The molecular weight excluding hydrogens is 420 g/mol. The number of carbonyl (C=O) groups excluding carboxylic acids is 1. The molecule has 4 heteroatoms. The lowest BCUT2D eigenvalue weighted by Gasteiger charge is -2.15. The predicted molar refractivity (Wildman–Crippen MR) is 137 cm³/mol. The molecule has 4 aromatic rings. The summed E-state index contributed by atoms with van der Waals surface area (Å²) in [5, 5.41) is 3.01. The minimum atomic E-state index is -0.0796. The van der Waals surface area contributed by atoms with E-state index in [-0.39, 0.29) is 5.91 Å². The SMILES string of the molecule is COc1cccc(CNC(=O)c2ccc(-n3c(-c4ccccc4)cc4c3CCCCC4)cc2)c1. The van der Waals surface area contributed by atoms with Crippen molar-refractivity contribution in [3.8, 4) is 22.7 Å². The molecule has 0 fully saturated rings. The summed E-state index contributed by atoms with van der Waals surface area (Å²) in [6.45, 7) is 0.459. The molecule has 1 N–H and O–H groups in total. The molecule has 1 amide bonds. The number of fused-ring (bicyclic) bond motifs is 1. The smallest absolute Gasteiger partial charge is 0.251 e. The number of amides is 1. The maximum atomic E-state index is 12.8. The van der Waals surface area contributed by atoms with Crippen LogP contribution in [0.25, 0.3) is 16.9 Å². The number of hydrogen-bond donors (Lipinski definition) is 1. The monoisotopic (exact) mass is 450 g/mol. The molecule has 34 heavy (non-hydrogen) atoms. The number of nitrogens with zero attached hydrogens (tertiary/aromatic N) is 1. The first-order chi connectivity index (χ1) is 16.7. The minimum absolute atomic E-state index is 0.0796. The molecule has 1 aliphatic rings. The van der Waals surface area contributed by atoms with Gasteiger partial charge >= 0.3 is 0 Å². The molecule has 5 rings (SSSR count). The van der Waals surface area contributed by atoms with Gasteiger partial charge in [-0.25, -0.2) is 0 Å². The molecule has 1 aromatic heterocycles. The average Bonchev–Trinajstić information content (AvgIpc) is 3.10. The van der Waals surface area contributed by atoms with Crippen LogP contribution in [0.15, 0.2) is 84.9 Å². The Kier molecular flexibility index (Phi) is 6.48. The quantitative estimate of drug-likeness (QED) is 0.348. The first kappa shape index (κ1) is 22.0. The molecule has 0 spiro atoms. The number of benzene rings is 3. The highest BCUT2D eigenvalue weighted by Crippen LogP contribution is 2.33. The minimum Gasteiger partial charge on any atom is -0.497 e. The highest BCUT2D eigenvalue weighted by molar-refractivity contribution is 5.94. The van der Waals surface area contributed by atoms with E-state index in [4.69, 9.17) is 4.74 Å². The summed E-state index contributed by atoms with van der Waals surface area (Å²) < 4.78 is 7.67. The third-order valence-electron chi connectivity index (χ3n) is 6.60. The van der Waals surface area contributed by atoms with Crippen LogP contribution in [0.3, 0.4) is 0 Å². The van der Waals surface area contributed by atoms with Crippen LogP contribution in [0.4, 0.5) is 0 Å². The van der Waals surface area contributed by atoms with Gasteiger partial charge in [0, 0.05) is 23.5 Å². The number of aryl methyl sites for hydroxylation is 1. The van der Waals surface area contributed by atoms with Crippen LogP contribution >= 0.6 is 0 Å². The van der Waals surface area contributed by atoms with Gasteiger partial charge in [-0.2, -0.15) is 0 Å². The molecule has 1 heterocycles. The Bertz CT molecular complexity index is 1270. The van der Waals surface area contributed by atoms with Crippen molar-refractivity contribution in [2.24, 2.45) is 0 Å². The second kappa shape index (κ2) is 10.0. The van der Waals surface area contributed by atoms with Crippen LogP contribution in [-0.2, 0) is 19.4 Å². The van der Waals surface area contributed by atoms with Gasteiger partial charge in [-0.05, 0) is 84.8 Å². The van der Waals surface area contributed by atoms with Crippen molar-refractivity contribution in [1.29, 1.82) is 0 Å². The molecule has 0 unspecified atom stereocenters. The largest absolute Gasteiger partial charge is 0.497 e. The van der Waals surface area contributed by atoms with Crippen molar-refractivity contribution in [1.82, 2.24) is 9.88 Å². The maximum Gasteiger partial charge on any atom is 0.251 e. The van der Waals surface area contributed by atoms with E-state index in [2.05, 4.69) is 58.4 Å². The van der Waals surface area contributed by atoms with Gasteiger partial charge in [-0.3, -0.25) is 4.79 Å². The van der Waals surface area contributed by atoms with E-state index in [0.717, 1.165) is 29.8 Å². The second-order valence-corrected chi connectivity index (χ2v) is 8.84. The highest BCUT2D eigenvalue weighted by atomic mass is 16.5. The summed E-state index contributed by atoms with van der Waals surface area (Å²) in [6, 6.07) is 28.7. The summed E-state index contributed by atoms with van der Waals surface area (Å²) in [5.74, 6) is 0.708. The molecule has 0 radical (unpaired) electrons. The van der Waals surface area contributed by atoms with Gasteiger partial charge in [-0.1, -0.05) is 48.9 Å². The maximum absolute atomic E-state index is 12.8. The molecule has 172 valence electrons. The molecule has 0 aliphatic heterocycles. The van der Waals surface area contributed by atoms with E-state index in [0.29, 0.717) is 12.1 Å². The van der Waals surface area contributed by atoms with Crippen LogP contribution < -0.4 is 10.1 Å². The fourth-order valence-electron chi connectivity index (χ4n) is 4.82. The Balaban J connectivity index is 1.40. The van der Waals surface area contributed by atoms with E-state index in [1.807, 2.05) is 36.4 Å². The number of carbonyl (C=O) groups is 1. The van der Waals surface area contributed by atoms with Crippen LogP contribution in [0.2, 0.25) is 0 Å². The third-order valence-corrected chi connectivity index (χ3v) is 6.60. The Hall–Kier alpha value is -3.79. The van der Waals surface area contributed by atoms with Gasteiger partial charge in [0.2, 0.25) is 0 Å². The zero-order chi connectivity index (χ0) is 23.3. The summed E-state index contributed by atoms with van der Waals surface area (Å²) in [7, 11) is 1.64. The van der Waals surface area contributed by atoms with Crippen LogP contribution in [0.1, 0.15) is 46.4 Å². The molecule has 4 nitrogen and oxygen atoms in total. The molecule has 1 aliphatic carbocycles. The number of rotatable bonds is 6.